The van der Waals surface area contributed by atoms with Gasteiger partial charge in [-0.05, 0) is 103 Å². The van der Waals surface area contributed by atoms with Crippen molar-refractivity contribution in [1.29, 1.82) is 0 Å². The average molecular weight is 796 g/mol. The van der Waals surface area contributed by atoms with E-state index in [1.165, 1.54) is 16.2 Å². The molecule has 0 unspecified atom stereocenters. The second-order valence-electron chi connectivity index (χ2n) is 15.5. The van der Waals surface area contributed by atoms with Gasteiger partial charge in [0.05, 0.1) is 32.0 Å². The van der Waals surface area contributed by atoms with Crippen LogP contribution in [0.5, 0.6) is 0 Å². The lowest BCUT2D eigenvalue weighted by atomic mass is 9.95. The normalized spacial score (nSPS) is 13.1. The fraction of sp³-hybridized carbons (Fsp3) is 0. The quantitative estimate of drug-likeness (QED) is 0.156. The molecule has 0 fully saturated rings. The van der Waals surface area contributed by atoms with Gasteiger partial charge in [-0.25, -0.2) is 0 Å². The van der Waals surface area contributed by atoms with Crippen LogP contribution in [0.2, 0.25) is 0 Å². The maximum atomic E-state index is 9.07. The molecule has 2 heteroatoms. The number of benzene rings is 11. The zero-order valence-corrected chi connectivity index (χ0v) is 33.4. The molecule has 0 saturated heterocycles. The Morgan fingerprint density at radius 3 is 1.69 bits per heavy atom. The molecule has 2 nitrogen and oxygen atoms in total. The fourth-order valence-corrected chi connectivity index (χ4v) is 9.30. The fourth-order valence-electron chi connectivity index (χ4n) is 9.30. The molecule has 290 valence electrons. The molecule has 0 saturated carbocycles. The van der Waals surface area contributed by atoms with Gasteiger partial charge in [-0.15, -0.1) is 0 Å². The standard InChI is InChI=1S/C60H40N2/c1-4-21-48-41(15-1)18-11-26-50(48)44-33-37-46(38-34-44)61(47-39-35-45(36-40-47)51-27-12-19-42-16-2-5-22-49(42)51)57-29-9-7-24-53(57)54-28-14-32-59-60(54)55-25-8-10-30-58(55)62(59)56-31-13-20-43-17-3-6-23-52(43)56/h1-40H/i1D,4D,11D,15D,18D,21D,26D. The lowest BCUT2D eigenvalue weighted by Gasteiger charge is -2.28. The van der Waals surface area contributed by atoms with E-state index in [1.54, 1.807) is 0 Å². The largest absolute Gasteiger partial charge is 0.310 e. The molecule has 0 spiro atoms. The smallest absolute Gasteiger partial charge is 0.0629 e. The maximum absolute atomic E-state index is 9.07. The number of para-hydroxylation sites is 2. The Balaban J connectivity index is 1.07. The Kier molecular flexibility index (Phi) is 6.95. The summed E-state index contributed by atoms with van der Waals surface area (Å²) in [6, 6.07) is 66.7. The molecule has 1 aromatic heterocycles. The second kappa shape index (κ2) is 14.8. The summed E-state index contributed by atoms with van der Waals surface area (Å²) in [7, 11) is 0. The van der Waals surface area contributed by atoms with E-state index in [2.05, 4.69) is 179 Å². The molecule has 62 heavy (non-hydrogen) atoms. The first-order valence-electron chi connectivity index (χ1n) is 24.3. The average Bonchev–Trinajstić information content (AvgIpc) is 3.74. The van der Waals surface area contributed by atoms with E-state index < -0.39 is 30.2 Å². The number of anilines is 3. The summed E-state index contributed by atoms with van der Waals surface area (Å²) in [4.78, 5) is 2.23. The van der Waals surface area contributed by atoms with E-state index >= 15 is 0 Å². The molecule has 0 aliphatic carbocycles. The van der Waals surface area contributed by atoms with Crippen molar-refractivity contribution in [3.63, 3.8) is 0 Å². The minimum absolute atomic E-state index is 0.0572. The van der Waals surface area contributed by atoms with E-state index in [4.69, 9.17) is 9.60 Å². The minimum atomic E-state index is -0.478. The van der Waals surface area contributed by atoms with Crippen molar-refractivity contribution in [2.75, 3.05) is 4.90 Å². The van der Waals surface area contributed by atoms with Crippen molar-refractivity contribution in [3.8, 4) is 39.1 Å². The highest BCUT2D eigenvalue weighted by Gasteiger charge is 2.22. The van der Waals surface area contributed by atoms with Gasteiger partial charge in [0.1, 0.15) is 0 Å². The number of rotatable bonds is 7. The second-order valence-corrected chi connectivity index (χ2v) is 15.5. The molecular formula is C60H40N2. The lowest BCUT2D eigenvalue weighted by Crippen LogP contribution is -2.11. The highest BCUT2D eigenvalue weighted by atomic mass is 15.1. The van der Waals surface area contributed by atoms with Crippen LogP contribution < -0.4 is 4.90 Å². The zero-order valence-electron chi connectivity index (χ0n) is 40.4. The molecule has 0 aliphatic rings. The third-order valence-electron chi connectivity index (χ3n) is 12.1. The number of nitrogens with zero attached hydrogens (tertiary/aromatic N) is 2. The molecule has 0 N–H and O–H groups in total. The van der Waals surface area contributed by atoms with Gasteiger partial charge in [0.2, 0.25) is 0 Å². The molecule has 1 heterocycles. The van der Waals surface area contributed by atoms with Crippen molar-refractivity contribution in [3.05, 3.63) is 242 Å². The van der Waals surface area contributed by atoms with Crippen LogP contribution in [0.3, 0.4) is 0 Å². The summed E-state index contributed by atoms with van der Waals surface area (Å²) in [5, 5.41) is 6.90. The van der Waals surface area contributed by atoms with Gasteiger partial charge in [0.25, 0.3) is 0 Å². The van der Waals surface area contributed by atoms with Crippen molar-refractivity contribution in [2.24, 2.45) is 0 Å². The molecule has 0 bridgehead atoms. The number of hydrogen-bond donors (Lipinski definition) is 0. The number of hydrogen-bond acceptors (Lipinski definition) is 1. The van der Waals surface area contributed by atoms with E-state index in [1.807, 2.05) is 30.3 Å². The van der Waals surface area contributed by atoms with Gasteiger partial charge in [-0.1, -0.05) is 194 Å². The molecule has 11 aromatic carbocycles. The van der Waals surface area contributed by atoms with Crippen molar-refractivity contribution in [2.45, 2.75) is 0 Å². The van der Waals surface area contributed by atoms with E-state index in [-0.39, 0.29) is 28.4 Å². The highest BCUT2D eigenvalue weighted by Crippen LogP contribution is 2.46. The molecular weight excluding hydrogens is 749 g/mol. The summed E-state index contributed by atoms with van der Waals surface area (Å²) >= 11 is 0. The van der Waals surface area contributed by atoms with Gasteiger partial charge in [0, 0.05) is 33.1 Å². The first kappa shape index (κ1) is 29.1. The van der Waals surface area contributed by atoms with Crippen LogP contribution in [-0.2, 0) is 0 Å². The van der Waals surface area contributed by atoms with Gasteiger partial charge in [-0.3, -0.25) is 0 Å². The predicted molar refractivity (Wildman–Crippen MR) is 264 cm³/mol. The van der Waals surface area contributed by atoms with Gasteiger partial charge in [-0.2, -0.15) is 0 Å². The first-order chi connectivity index (χ1) is 33.7. The van der Waals surface area contributed by atoms with E-state index in [9.17, 15) is 0 Å². The van der Waals surface area contributed by atoms with Crippen molar-refractivity contribution < 1.29 is 9.60 Å². The lowest BCUT2D eigenvalue weighted by molar-refractivity contribution is 1.20. The van der Waals surface area contributed by atoms with Crippen LogP contribution in [0, 0.1) is 0 Å². The molecule has 0 atom stereocenters. The topological polar surface area (TPSA) is 8.17 Å². The Hall–Kier alpha value is -8.20. The Morgan fingerprint density at radius 2 is 0.887 bits per heavy atom. The molecule has 0 amide bonds. The number of aromatic nitrogens is 1. The molecule has 12 rings (SSSR count). The predicted octanol–water partition coefficient (Wildman–Crippen LogP) is 16.7. The van der Waals surface area contributed by atoms with Crippen LogP contribution in [-0.4, -0.2) is 4.57 Å². The van der Waals surface area contributed by atoms with Crippen molar-refractivity contribution >= 4 is 71.2 Å². The van der Waals surface area contributed by atoms with Crippen LogP contribution in [0.1, 0.15) is 9.60 Å². The van der Waals surface area contributed by atoms with Gasteiger partial charge < -0.3 is 9.47 Å². The number of fused-ring (bicyclic) bond motifs is 6. The van der Waals surface area contributed by atoms with E-state index in [0.717, 1.165) is 72.2 Å². The van der Waals surface area contributed by atoms with Crippen LogP contribution >= 0.6 is 0 Å². The third kappa shape index (κ3) is 5.88. The van der Waals surface area contributed by atoms with Crippen LogP contribution in [0.4, 0.5) is 17.1 Å². The Labute approximate surface area is 370 Å². The summed E-state index contributed by atoms with van der Waals surface area (Å²) in [6.07, 6.45) is 0. The Bertz CT molecular complexity index is 4030. The monoisotopic (exact) mass is 795 g/mol. The minimum Gasteiger partial charge on any atom is -0.310 e. The third-order valence-corrected chi connectivity index (χ3v) is 12.1. The SMILES string of the molecule is [2H]c1c([2H])c([2H])c2c(-c3ccc(N(c4ccc(-c5cccc6ccccc56)cc4)c4ccccc4-c4cccc5c4c4ccccc4n5-c4cccc5ccccc45)cc3)c([2H])c([2H])c([2H])c2c1[2H]. The molecule has 0 aliphatic heterocycles. The van der Waals surface area contributed by atoms with Gasteiger partial charge in [0.15, 0.2) is 0 Å². The summed E-state index contributed by atoms with van der Waals surface area (Å²) in [5.74, 6) is 0. The molecule has 0 radical (unpaired) electrons. The summed E-state index contributed by atoms with van der Waals surface area (Å²) in [5.41, 5.74) is 10.9. The molecule has 12 aromatic rings. The zero-order chi connectivity index (χ0) is 47.1. The summed E-state index contributed by atoms with van der Waals surface area (Å²) < 4.78 is 63.3. The van der Waals surface area contributed by atoms with Crippen LogP contribution in [0.15, 0.2) is 242 Å². The van der Waals surface area contributed by atoms with Gasteiger partial charge >= 0.3 is 0 Å². The van der Waals surface area contributed by atoms with Crippen molar-refractivity contribution in [1.82, 2.24) is 4.57 Å². The highest BCUT2D eigenvalue weighted by molar-refractivity contribution is 6.17. The van der Waals surface area contributed by atoms with Crippen LogP contribution in [0.25, 0.3) is 93.2 Å². The maximum Gasteiger partial charge on any atom is 0.0629 e. The Morgan fingerprint density at radius 1 is 0.339 bits per heavy atom. The summed E-state index contributed by atoms with van der Waals surface area (Å²) in [6.45, 7) is 0. The van der Waals surface area contributed by atoms with E-state index in [0.29, 0.717) is 5.56 Å². The first-order valence-corrected chi connectivity index (χ1v) is 20.8.